The first kappa shape index (κ1) is 11.7. The van der Waals surface area contributed by atoms with Gasteiger partial charge in [0, 0.05) is 30.7 Å². The molecule has 3 rings (SSSR count). The summed E-state index contributed by atoms with van der Waals surface area (Å²) in [5.74, 6) is 0.621. The third kappa shape index (κ3) is 2.57. The SMILES string of the molecule is Nc1ccn(C2CCN(Cc3cccs3)CC2)n1. The molecular formula is C13H18N4S. The third-order valence-electron chi connectivity index (χ3n) is 3.52. The number of rotatable bonds is 3. The summed E-state index contributed by atoms with van der Waals surface area (Å²) in [6.07, 6.45) is 4.31. The van der Waals surface area contributed by atoms with Crippen LogP contribution in [0.2, 0.25) is 0 Å². The van der Waals surface area contributed by atoms with E-state index < -0.39 is 0 Å². The highest BCUT2D eigenvalue weighted by atomic mass is 32.1. The van der Waals surface area contributed by atoms with Gasteiger partial charge in [-0.1, -0.05) is 6.07 Å². The summed E-state index contributed by atoms with van der Waals surface area (Å²) >= 11 is 1.84. The summed E-state index contributed by atoms with van der Waals surface area (Å²) in [6.45, 7) is 3.37. The molecular weight excluding hydrogens is 244 g/mol. The van der Waals surface area contributed by atoms with Crippen LogP contribution in [-0.2, 0) is 6.54 Å². The number of hydrogen-bond acceptors (Lipinski definition) is 4. The average molecular weight is 262 g/mol. The van der Waals surface area contributed by atoms with Crippen molar-refractivity contribution in [3.63, 3.8) is 0 Å². The number of hydrogen-bond donors (Lipinski definition) is 1. The Hall–Kier alpha value is -1.33. The molecule has 1 aliphatic heterocycles. The van der Waals surface area contributed by atoms with Gasteiger partial charge in [-0.15, -0.1) is 11.3 Å². The number of likely N-dealkylation sites (tertiary alicyclic amines) is 1. The largest absolute Gasteiger partial charge is 0.382 e. The van der Waals surface area contributed by atoms with Gasteiger partial charge in [-0.3, -0.25) is 9.58 Å². The molecule has 0 saturated carbocycles. The van der Waals surface area contributed by atoms with Crippen molar-refractivity contribution < 1.29 is 0 Å². The molecule has 2 aromatic heterocycles. The normalized spacial score (nSPS) is 18.2. The van der Waals surface area contributed by atoms with Crippen molar-refractivity contribution >= 4 is 17.2 Å². The van der Waals surface area contributed by atoms with E-state index in [0.717, 1.165) is 32.5 Å². The van der Waals surface area contributed by atoms with E-state index in [2.05, 4.69) is 27.5 Å². The quantitative estimate of drug-likeness (QED) is 0.923. The molecule has 0 unspecified atom stereocenters. The van der Waals surface area contributed by atoms with Gasteiger partial charge in [-0.25, -0.2) is 0 Å². The van der Waals surface area contributed by atoms with Gasteiger partial charge in [0.25, 0.3) is 0 Å². The molecule has 2 aromatic rings. The molecule has 2 N–H and O–H groups in total. The summed E-state index contributed by atoms with van der Waals surface area (Å²) in [5.41, 5.74) is 5.66. The van der Waals surface area contributed by atoms with Crippen molar-refractivity contribution in [2.45, 2.75) is 25.4 Å². The minimum absolute atomic E-state index is 0.516. The molecule has 5 heteroatoms. The topological polar surface area (TPSA) is 47.1 Å². The molecule has 1 saturated heterocycles. The predicted molar refractivity (Wildman–Crippen MR) is 74.5 cm³/mol. The fourth-order valence-corrected chi connectivity index (χ4v) is 3.27. The molecule has 0 aliphatic carbocycles. The lowest BCUT2D eigenvalue weighted by Gasteiger charge is -2.31. The molecule has 0 atom stereocenters. The van der Waals surface area contributed by atoms with E-state index in [1.165, 1.54) is 4.88 Å². The molecule has 0 radical (unpaired) electrons. The van der Waals surface area contributed by atoms with Crippen molar-refractivity contribution in [3.8, 4) is 0 Å². The van der Waals surface area contributed by atoms with Gasteiger partial charge in [0.1, 0.15) is 5.82 Å². The van der Waals surface area contributed by atoms with Crippen LogP contribution in [0.5, 0.6) is 0 Å². The van der Waals surface area contributed by atoms with Crippen molar-refractivity contribution in [3.05, 3.63) is 34.7 Å². The first-order valence-electron chi connectivity index (χ1n) is 6.36. The minimum Gasteiger partial charge on any atom is -0.382 e. The van der Waals surface area contributed by atoms with Crippen LogP contribution in [0.25, 0.3) is 0 Å². The molecule has 96 valence electrons. The summed E-state index contributed by atoms with van der Waals surface area (Å²) in [7, 11) is 0. The standard InChI is InChI=1S/C13H18N4S/c14-13-5-8-17(15-13)11-3-6-16(7-4-11)10-12-2-1-9-18-12/h1-2,5,8-9,11H,3-4,6-7,10H2,(H2,14,15). The molecule has 0 spiro atoms. The van der Waals surface area contributed by atoms with E-state index in [4.69, 9.17) is 5.73 Å². The lowest BCUT2D eigenvalue weighted by molar-refractivity contribution is 0.175. The van der Waals surface area contributed by atoms with Crippen molar-refractivity contribution in [2.75, 3.05) is 18.8 Å². The summed E-state index contributed by atoms with van der Waals surface area (Å²) < 4.78 is 2.03. The Morgan fingerprint density at radius 3 is 2.78 bits per heavy atom. The molecule has 1 aliphatic rings. The minimum atomic E-state index is 0.516. The summed E-state index contributed by atoms with van der Waals surface area (Å²) in [6, 6.07) is 6.73. The maximum absolute atomic E-state index is 5.66. The zero-order valence-electron chi connectivity index (χ0n) is 10.3. The number of piperidine rings is 1. The summed E-state index contributed by atoms with van der Waals surface area (Å²) in [4.78, 5) is 3.98. The van der Waals surface area contributed by atoms with E-state index in [0.29, 0.717) is 11.9 Å². The van der Waals surface area contributed by atoms with E-state index in [1.54, 1.807) is 0 Å². The van der Waals surface area contributed by atoms with Gasteiger partial charge in [0.15, 0.2) is 0 Å². The Kier molecular flexibility index (Phi) is 3.34. The second kappa shape index (κ2) is 5.12. The van der Waals surface area contributed by atoms with Gasteiger partial charge in [-0.2, -0.15) is 5.10 Å². The average Bonchev–Trinajstić information content (AvgIpc) is 3.02. The first-order chi connectivity index (χ1) is 8.81. The molecule has 1 fully saturated rings. The smallest absolute Gasteiger partial charge is 0.145 e. The Bertz CT molecular complexity index is 483. The van der Waals surface area contributed by atoms with Crippen molar-refractivity contribution in [2.24, 2.45) is 0 Å². The van der Waals surface area contributed by atoms with Crippen molar-refractivity contribution in [1.82, 2.24) is 14.7 Å². The molecule has 0 aromatic carbocycles. The fourth-order valence-electron chi connectivity index (χ4n) is 2.52. The highest BCUT2D eigenvalue weighted by molar-refractivity contribution is 7.09. The number of nitrogens with zero attached hydrogens (tertiary/aromatic N) is 3. The van der Waals surface area contributed by atoms with Crippen LogP contribution in [-0.4, -0.2) is 27.8 Å². The van der Waals surface area contributed by atoms with Gasteiger partial charge in [0.05, 0.1) is 6.04 Å². The van der Waals surface area contributed by atoms with Gasteiger partial charge < -0.3 is 5.73 Å². The second-order valence-corrected chi connectivity index (χ2v) is 5.84. The lowest BCUT2D eigenvalue weighted by Crippen LogP contribution is -2.34. The maximum atomic E-state index is 5.66. The van der Waals surface area contributed by atoms with E-state index >= 15 is 0 Å². The second-order valence-electron chi connectivity index (χ2n) is 4.81. The number of thiophene rings is 1. The van der Waals surface area contributed by atoms with Crippen LogP contribution in [0.3, 0.4) is 0 Å². The molecule has 0 amide bonds. The zero-order valence-corrected chi connectivity index (χ0v) is 11.1. The molecule has 3 heterocycles. The van der Waals surface area contributed by atoms with Gasteiger partial charge in [-0.05, 0) is 30.4 Å². The van der Waals surface area contributed by atoms with Crippen LogP contribution in [0, 0.1) is 0 Å². The molecule has 18 heavy (non-hydrogen) atoms. The van der Waals surface area contributed by atoms with Crippen LogP contribution in [0.15, 0.2) is 29.8 Å². The van der Waals surface area contributed by atoms with Crippen LogP contribution < -0.4 is 5.73 Å². The van der Waals surface area contributed by atoms with E-state index in [9.17, 15) is 0 Å². The van der Waals surface area contributed by atoms with E-state index in [-0.39, 0.29) is 0 Å². The zero-order chi connectivity index (χ0) is 12.4. The molecule has 0 bridgehead atoms. The van der Waals surface area contributed by atoms with Gasteiger partial charge >= 0.3 is 0 Å². The monoisotopic (exact) mass is 262 g/mol. The Balaban J connectivity index is 1.55. The Morgan fingerprint density at radius 1 is 1.33 bits per heavy atom. The lowest BCUT2D eigenvalue weighted by atomic mass is 10.1. The van der Waals surface area contributed by atoms with Crippen LogP contribution in [0.4, 0.5) is 5.82 Å². The highest BCUT2D eigenvalue weighted by Crippen LogP contribution is 2.24. The number of nitrogen functional groups attached to an aromatic ring is 1. The first-order valence-corrected chi connectivity index (χ1v) is 7.24. The van der Waals surface area contributed by atoms with E-state index in [1.807, 2.05) is 28.3 Å². The number of nitrogens with two attached hydrogens (primary N) is 1. The molecule has 4 nitrogen and oxygen atoms in total. The highest BCUT2D eigenvalue weighted by Gasteiger charge is 2.21. The Morgan fingerprint density at radius 2 is 2.17 bits per heavy atom. The maximum Gasteiger partial charge on any atom is 0.145 e. The Labute approximate surface area is 111 Å². The third-order valence-corrected chi connectivity index (χ3v) is 4.38. The number of anilines is 1. The number of aromatic nitrogens is 2. The van der Waals surface area contributed by atoms with Crippen LogP contribution >= 0.6 is 11.3 Å². The predicted octanol–water partition coefficient (Wildman–Crippen LogP) is 2.36. The van der Waals surface area contributed by atoms with Crippen molar-refractivity contribution in [1.29, 1.82) is 0 Å². The van der Waals surface area contributed by atoms with Gasteiger partial charge in [0.2, 0.25) is 0 Å². The summed E-state index contributed by atoms with van der Waals surface area (Å²) in [5, 5.41) is 6.46. The fraction of sp³-hybridized carbons (Fsp3) is 0.462. The van der Waals surface area contributed by atoms with Crippen LogP contribution in [0.1, 0.15) is 23.8 Å².